The molecule has 24 heavy (non-hydrogen) atoms. The zero-order valence-corrected chi connectivity index (χ0v) is 15.6. The van der Waals surface area contributed by atoms with Gasteiger partial charge >= 0.3 is 0 Å². The van der Waals surface area contributed by atoms with E-state index in [4.69, 9.17) is 11.6 Å². The van der Waals surface area contributed by atoms with Crippen LogP contribution in [0.3, 0.4) is 0 Å². The number of hydrogen-bond acceptors (Lipinski definition) is 3. The highest BCUT2D eigenvalue weighted by Gasteiger charge is 2.10. The number of guanidine groups is 1. The molecule has 2 rings (SSSR count). The van der Waals surface area contributed by atoms with Gasteiger partial charge in [0.1, 0.15) is 0 Å². The lowest BCUT2D eigenvalue weighted by Gasteiger charge is -2.16. The second kappa shape index (κ2) is 9.67. The Labute approximate surface area is 152 Å². The molecule has 0 radical (unpaired) electrons. The Kier molecular flexibility index (Phi) is 7.56. The molecule has 1 aromatic carbocycles. The van der Waals surface area contributed by atoms with Gasteiger partial charge in [-0.05, 0) is 36.1 Å². The Balaban J connectivity index is 1.90. The zero-order chi connectivity index (χ0) is 17.4. The van der Waals surface area contributed by atoms with Gasteiger partial charge in [0.05, 0.1) is 12.6 Å². The average molecular weight is 366 g/mol. The lowest BCUT2D eigenvalue weighted by molar-refractivity contribution is 0.181. The van der Waals surface area contributed by atoms with Crippen molar-refractivity contribution in [3.05, 3.63) is 57.2 Å². The largest absolute Gasteiger partial charge is 0.387 e. The van der Waals surface area contributed by atoms with Crippen molar-refractivity contribution in [1.82, 2.24) is 10.6 Å². The second-order valence-corrected chi connectivity index (χ2v) is 7.00. The third-order valence-electron chi connectivity index (χ3n) is 3.61. The van der Waals surface area contributed by atoms with E-state index in [1.54, 1.807) is 23.5 Å². The molecule has 0 aliphatic carbocycles. The van der Waals surface area contributed by atoms with Crippen LogP contribution in [0.1, 0.15) is 36.3 Å². The number of aliphatic hydroxyl groups is 1. The van der Waals surface area contributed by atoms with Gasteiger partial charge in [-0.1, -0.05) is 36.7 Å². The predicted molar refractivity (Wildman–Crippen MR) is 103 cm³/mol. The standard InChI is InChI=1S/C18H24ClN3OS/c1-3-20-18(21-11-13(2)17-5-4-10-24-17)22-12-16(23)14-6-8-15(19)9-7-14/h4-10,13,16,23H,3,11-12H2,1-2H3,(H2,20,21,22). The normalized spacial score (nSPS) is 14.2. The molecule has 0 aliphatic heterocycles. The monoisotopic (exact) mass is 365 g/mol. The van der Waals surface area contributed by atoms with E-state index in [9.17, 15) is 5.11 Å². The van der Waals surface area contributed by atoms with Gasteiger partial charge in [-0.25, -0.2) is 0 Å². The van der Waals surface area contributed by atoms with Crippen LogP contribution in [0.5, 0.6) is 0 Å². The maximum atomic E-state index is 10.3. The summed E-state index contributed by atoms with van der Waals surface area (Å²) in [5.74, 6) is 1.09. The molecule has 0 saturated heterocycles. The number of halogens is 1. The molecule has 0 bridgehead atoms. The Hall–Kier alpha value is -1.56. The molecular weight excluding hydrogens is 342 g/mol. The summed E-state index contributed by atoms with van der Waals surface area (Å²) < 4.78 is 0. The minimum atomic E-state index is -0.610. The van der Waals surface area contributed by atoms with Crippen LogP contribution >= 0.6 is 22.9 Å². The second-order valence-electron chi connectivity index (χ2n) is 5.58. The van der Waals surface area contributed by atoms with Crippen molar-refractivity contribution in [1.29, 1.82) is 0 Å². The summed E-state index contributed by atoms with van der Waals surface area (Å²) in [4.78, 5) is 5.95. The number of aliphatic imine (C=N–C) groups is 1. The maximum Gasteiger partial charge on any atom is 0.191 e. The molecule has 0 saturated carbocycles. The summed E-state index contributed by atoms with van der Waals surface area (Å²) in [6.45, 7) is 6.06. The van der Waals surface area contributed by atoms with E-state index in [1.165, 1.54) is 4.88 Å². The highest BCUT2D eigenvalue weighted by atomic mass is 35.5. The van der Waals surface area contributed by atoms with Crippen LogP contribution in [0.25, 0.3) is 0 Å². The van der Waals surface area contributed by atoms with Crippen LogP contribution in [-0.2, 0) is 0 Å². The third kappa shape index (κ3) is 5.82. The molecule has 0 amide bonds. The first kappa shape index (κ1) is 18.8. The number of nitrogens with zero attached hydrogens (tertiary/aromatic N) is 1. The molecule has 130 valence electrons. The Bertz CT molecular complexity index is 628. The summed E-state index contributed by atoms with van der Waals surface area (Å²) in [6.07, 6.45) is -0.610. The van der Waals surface area contributed by atoms with Gasteiger partial charge < -0.3 is 15.7 Å². The Morgan fingerprint density at radius 1 is 1.25 bits per heavy atom. The van der Waals surface area contributed by atoms with E-state index in [2.05, 4.69) is 40.1 Å². The first-order valence-electron chi connectivity index (χ1n) is 8.09. The first-order valence-corrected chi connectivity index (χ1v) is 9.35. The molecule has 2 unspecified atom stereocenters. The van der Waals surface area contributed by atoms with Crippen molar-refractivity contribution < 1.29 is 5.11 Å². The molecular formula is C18H24ClN3OS. The molecule has 0 fully saturated rings. The highest BCUT2D eigenvalue weighted by Crippen LogP contribution is 2.20. The summed E-state index contributed by atoms with van der Waals surface area (Å²) in [6, 6.07) is 11.4. The molecule has 1 heterocycles. The summed E-state index contributed by atoms with van der Waals surface area (Å²) in [5.41, 5.74) is 0.828. The van der Waals surface area contributed by atoms with Gasteiger partial charge in [0, 0.05) is 28.9 Å². The number of benzene rings is 1. The van der Waals surface area contributed by atoms with Gasteiger partial charge in [0.2, 0.25) is 0 Å². The summed E-state index contributed by atoms with van der Waals surface area (Å²) in [5, 5.41) is 19.4. The number of aliphatic hydroxyl groups excluding tert-OH is 1. The van der Waals surface area contributed by atoms with Gasteiger partial charge in [0.25, 0.3) is 0 Å². The van der Waals surface area contributed by atoms with Crippen LogP contribution in [0.2, 0.25) is 5.02 Å². The zero-order valence-electron chi connectivity index (χ0n) is 14.0. The highest BCUT2D eigenvalue weighted by molar-refractivity contribution is 7.10. The summed E-state index contributed by atoms with van der Waals surface area (Å²) in [7, 11) is 0. The number of hydrogen-bond donors (Lipinski definition) is 3. The van der Waals surface area contributed by atoms with Gasteiger partial charge in [-0.15, -0.1) is 11.3 Å². The molecule has 0 spiro atoms. The smallest absolute Gasteiger partial charge is 0.191 e. The number of thiophene rings is 1. The van der Waals surface area contributed by atoms with Gasteiger partial charge in [-0.2, -0.15) is 0 Å². The van der Waals surface area contributed by atoms with E-state index in [-0.39, 0.29) is 0 Å². The first-order chi connectivity index (χ1) is 11.6. The van der Waals surface area contributed by atoms with Crippen molar-refractivity contribution in [2.45, 2.75) is 25.9 Å². The van der Waals surface area contributed by atoms with Crippen molar-refractivity contribution in [2.24, 2.45) is 4.99 Å². The molecule has 3 N–H and O–H groups in total. The van der Waals surface area contributed by atoms with Crippen molar-refractivity contribution in [2.75, 3.05) is 19.6 Å². The number of nitrogens with one attached hydrogen (secondary N) is 2. The lowest BCUT2D eigenvalue weighted by atomic mass is 10.1. The lowest BCUT2D eigenvalue weighted by Crippen LogP contribution is -2.39. The maximum absolute atomic E-state index is 10.3. The molecule has 2 aromatic rings. The third-order valence-corrected chi connectivity index (χ3v) is 4.97. The van der Waals surface area contributed by atoms with Crippen LogP contribution in [0, 0.1) is 0 Å². The van der Waals surface area contributed by atoms with Crippen molar-refractivity contribution >= 4 is 28.9 Å². The quantitative estimate of drug-likeness (QED) is 0.516. The van der Waals surface area contributed by atoms with E-state index < -0.39 is 6.10 Å². The molecule has 6 heteroatoms. The van der Waals surface area contributed by atoms with Crippen molar-refractivity contribution in [3.8, 4) is 0 Å². The Morgan fingerprint density at radius 2 is 2.00 bits per heavy atom. The topological polar surface area (TPSA) is 56.7 Å². The van der Waals surface area contributed by atoms with Crippen LogP contribution in [-0.4, -0.2) is 30.7 Å². The molecule has 2 atom stereocenters. The fourth-order valence-electron chi connectivity index (χ4n) is 2.23. The predicted octanol–water partition coefficient (Wildman–Crippen LogP) is 3.79. The van der Waals surface area contributed by atoms with E-state index >= 15 is 0 Å². The van der Waals surface area contributed by atoms with Crippen LogP contribution < -0.4 is 10.6 Å². The summed E-state index contributed by atoms with van der Waals surface area (Å²) >= 11 is 7.62. The van der Waals surface area contributed by atoms with E-state index in [0.717, 1.165) is 12.1 Å². The van der Waals surface area contributed by atoms with Crippen molar-refractivity contribution in [3.63, 3.8) is 0 Å². The molecule has 1 aromatic heterocycles. The van der Waals surface area contributed by atoms with Gasteiger partial charge in [0.15, 0.2) is 5.96 Å². The Morgan fingerprint density at radius 3 is 2.62 bits per heavy atom. The van der Waals surface area contributed by atoms with Gasteiger partial charge in [-0.3, -0.25) is 4.99 Å². The van der Waals surface area contributed by atoms with Crippen LogP contribution in [0.4, 0.5) is 0 Å². The van der Waals surface area contributed by atoms with E-state index in [1.807, 2.05) is 19.1 Å². The average Bonchev–Trinajstić information content (AvgIpc) is 3.12. The number of rotatable bonds is 7. The SMILES string of the molecule is CCNC(=NCC(C)c1cccs1)NCC(O)c1ccc(Cl)cc1. The van der Waals surface area contributed by atoms with E-state index in [0.29, 0.717) is 30.0 Å². The fraction of sp³-hybridized carbons (Fsp3) is 0.389. The molecule has 0 aliphatic rings. The minimum absolute atomic E-state index is 0.377. The van der Waals surface area contributed by atoms with Crippen LogP contribution in [0.15, 0.2) is 46.8 Å². The molecule has 4 nitrogen and oxygen atoms in total. The fourth-order valence-corrected chi connectivity index (χ4v) is 3.13. The minimum Gasteiger partial charge on any atom is -0.387 e.